The van der Waals surface area contributed by atoms with Crippen LogP contribution in [0.4, 0.5) is 0 Å². The van der Waals surface area contributed by atoms with Crippen LogP contribution in [0.15, 0.2) is 386 Å². The summed E-state index contributed by atoms with van der Waals surface area (Å²) in [6, 6.07) is 107. The highest BCUT2D eigenvalue weighted by molar-refractivity contribution is 9.10. The molecule has 4 heterocycles. The molecule has 0 saturated carbocycles. The van der Waals surface area contributed by atoms with Crippen molar-refractivity contribution in [2.24, 2.45) is 0 Å². The molecule has 0 spiro atoms. The van der Waals surface area contributed by atoms with Gasteiger partial charge in [0.25, 0.3) is 0 Å². The van der Waals surface area contributed by atoms with Crippen LogP contribution in [0.1, 0.15) is 11.1 Å². The Kier molecular flexibility index (Phi) is 26.5. The third-order valence-electron chi connectivity index (χ3n) is 19.2. The molecule has 19 rings (SSSR count). The number of halogens is 1. The molecule has 0 bridgehead atoms. The standard InChI is InChI=1S/C27H20O4.C20H14O4.C20H14O3.C14H9BrO3.C13H13BO3.C6H7BO2/c28-21-9-13-26-20(14-21)15-27(31-26)24-12-8-22(29)16-25(24)19-6-10-23(11-7-19)30-17-18-4-2-1-3-5-18;21-14-3-1-12(2-4-14)18-11-16(23)5-7-17(18)20-10-13-9-15(22)6-8-19(13)24-20;21-15-7-9-19-14(10-15)11-20(23-19)17-8-6-16(22)12-18(17)13-4-2-1-3-5-13;15-12-7-10(17)1-3-11(12)14-6-8-5-9(16)2-4-13(8)18-14;15-14(16)12-6-8-13(9-7-12)17-10-11-4-2-1-3-5-11;8-7(9)6-4-2-1-3-5-6/h1-16,28-29H,17H2;1-11,21-23H;1-12,21-22H;1-7,16-17H;1-9,15-16H,10H2;1-5,8-9H. The lowest BCUT2D eigenvalue weighted by atomic mass is 9.80. The van der Waals surface area contributed by atoms with E-state index in [9.17, 15) is 46.0 Å². The van der Waals surface area contributed by atoms with Crippen molar-refractivity contribution < 1.29 is 93.2 Å². The zero-order valence-electron chi connectivity index (χ0n) is 64.9. The number of fused-ring (bicyclic) bond motifs is 4. The number of phenols is 9. The Labute approximate surface area is 708 Å². The van der Waals surface area contributed by atoms with Crippen molar-refractivity contribution >= 4 is 85.0 Å². The van der Waals surface area contributed by atoms with Crippen LogP contribution < -0.4 is 20.4 Å². The van der Waals surface area contributed by atoms with E-state index in [2.05, 4.69) is 15.9 Å². The monoisotopic (exact) mass is 1680 g/mol. The Balaban J connectivity index is 0.000000123. The van der Waals surface area contributed by atoms with Crippen LogP contribution in [-0.2, 0) is 13.2 Å². The summed E-state index contributed by atoms with van der Waals surface area (Å²) in [4.78, 5) is 0. The Hall–Kier alpha value is -15.3. The van der Waals surface area contributed by atoms with E-state index >= 15 is 0 Å². The van der Waals surface area contributed by atoms with Gasteiger partial charge in [0.05, 0.1) is 0 Å². The summed E-state index contributed by atoms with van der Waals surface area (Å²) in [5.41, 5.74) is 14.7. The van der Waals surface area contributed by atoms with E-state index in [-0.39, 0.29) is 51.7 Å². The minimum absolute atomic E-state index is 0.149. The topological polar surface area (TPSA) is 334 Å². The first-order valence-electron chi connectivity index (χ1n) is 38.2. The van der Waals surface area contributed by atoms with Crippen LogP contribution in [0.2, 0.25) is 0 Å². The van der Waals surface area contributed by atoms with Crippen LogP contribution in [0, 0.1) is 0 Å². The number of phenolic OH excluding ortho intramolecular Hbond substituents is 9. The summed E-state index contributed by atoms with van der Waals surface area (Å²) < 4.78 is 35.7. The lowest BCUT2D eigenvalue weighted by molar-refractivity contribution is 0.306. The van der Waals surface area contributed by atoms with Crippen molar-refractivity contribution in [3.63, 3.8) is 0 Å². The third-order valence-corrected chi connectivity index (χ3v) is 19.9. The molecule has 0 aliphatic rings. The summed E-state index contributed by atoms with van der Waals surface area (Å²) in [5, 5.41) is 125. The van der Waals surface area contributed by atoms with Crippen LogP contribution >= 0.6 is 15.9 Å². The first kappa shape index (κ1) is 83.2. The van der Waals surface area contributed by atoms with Gasteiger partial charge in [0, 0.05) is 48.3 Å². The maximum atomic E-state index is 10.1. The van der Waals surface area contributed by atoms with E-state index in [4.69, 9.17) is 47.2 Å². The SMILES string of the molecule is OB(O)c1ccc(OCc2ccccc2)cc1.OB(O)c1ccccc1.Oc1ccc(-c2cc(O)ccc2-c2cc3cc(O)ccc3o2)cc1.Oc1ccc(-c2cc3cc(O)ccc3o2)c(-c2ccc(OCc3ccccc3)cc2)c1.Oc1ccc(-c2cc3cc(O)ccc3o2)c(-c2ccccc2)c1.Oc1ccc(-c2cc3cc(O)ccc3o2)c(Br)c1. The smallest absolute Gasteiger partial charge is 0.488 e. The lowest BCUT2D eigenvalue weighted by Crippen LogP contribution is -2.29. The van der Waals surface area contributed by atoms with E-state index in [1.54, 1.807) is 206 Å². The lowest BCUT2D eigenvalue weighted by Gasteiger charge is -2.11. The first-order valence-corrected chi connectivity index (χ1v) is 39.0. The van der Waals surface area contributed by atoms with E-state index in [1.165, 1.54) is 0 Å². The highest BCUT2D eigenvalue weighted by Gasteiger charge is 2.20. The fraction of sp³-hybridized carbons (Fsp3) is 0.0200. The Morgan fingerprint density at radius 3 is 0.828 bits per heavy atom. The highest BCUT2D eigenvalue weighted by Crippen LogP contribution is 2.43. The van der Waals surface area contributed by atoms with Crippen LogP contribution in [0.25, 0.3) is 123 Å². The van der Waals surface area contributed by atoms with E-state index in [0.29, 0.717) is 75.3 Å². The minimum Gasteiger partial charge on any atom is -0.508 e. The largest absolute Gasteiger partial charge is 0.508 e. The molecule has 122 heavy (non-hydrogen) atoms. The highest BCUT2D eigenvalue weighted by atomic mass is 79.9. The number of rotatable bonds is 15. The van der Waals surface area contributed by atoms with Gasteiger partial charge in [-0.25, -0.2) is 0 Å². The van der Waals surface area contributed by atoms with Crippen molar-refractivity contribution in [2.45, 2.75) is 13.2 Å². The van der Waals surface area contributed by atoms with Gasteiger partial charge in [-0.15, -0.1) is 0 Å². The molecule has 0 aliphatic carbocycles. The van der Waals surface area contributed by atoms with Gasteiger partial charge < -0.3 is 93.2 Å². The van der Waals surface area contributed by atoms with E-state index in [1.807, 2.05) is 158 Å². The molecule has 15 aromatic carbocycles. The maximum absolute atomic E-state index is 10.1. The van der Waals surface area contributed by atoms with Gasteiger partial charge in [-0.05, 0) is 278 Å². The Morgan fingerprint density at radius 2 is 0.492 bits per heavy atom. The zero-order chi connectivity index (χ0) is 85.2. The molecular weight excluding hydrogens is 1610 g/mol. The van der Waals surface area contributed by atoms with Gasteiger partial charge in [-0.3, -0.25) is 0 Å². The third kappa shape index (κ3) is 21.5. The summed E-state index contributed by atoms with van der Waals surface area (Å²) in [5.74, 6) is 5.86. The number of furan rings is 4. The summed E-state index contributed by atoms with van der Waals surface area (Å²) in [6.45, 7) is 1.01. The molecule has 0 fully saturated rings. The fourth-order valence-electron chi connectivity index (χ4n) is 13.1. The van der Waals surface area contributed by atoms with E-state index in [0.717, 1.165) is 98.5 Å². The molecule has 0 aliphatic heterocycles. The summed E-state index contributed by atoms with van der Waals surface area (Å²) >= 11 is 3.39. The second-order valence-electron chi connectivity index (χ2n) is 27.9. The van der Waals surface area contributed by atoms with E-state index < -0.39 is 14.2 Å². The van der Waals surface area contributed by atoms with Crippen molar-refractivity contribution in [3.05, 3.63) is 380 Å². The predicted octanol–water partition coefficient (Wildman–Crippen LogP) is 21.4. The molecule has 19 aromatic rings. The van der Waals surface area contributed by atoms with Gasteiger partial charge >= 0.3 is 14.2 Å². The molecule has 0 atom stereocenters. The van der Waals surface area contributed by atoms with Gasteiger partial charge in [0.2, 0.25) is 0 Å². The van der Waals surface area contributed by atoms with Crippen LogP contribution in [0.5, 0.6) is 63.2 Å². The molecule has 0 unspecified atom stereocenters. The molecule has 0 radical (unpaired) electrons. The predicted molar refractivity (Wildman–Crippen MR) is 480 cm³/mol. The molecule has 13 N–H and O–H groups in total. The molecule has 604 valence electrons. The summed E-state index contributed by atoms with van der Waals surface area (Å²) in [6.07, 6.45) is 0. The van der Waals surface area contributed by atoms with Crippen molar-refractivity contribution in [1.82, 2.24) is 0 Å². The quantitative estimate of drug-likeness (QED) is 0.0424. The van der Waals surface area contributed by atoms with Gasteiger partial charge in [-0.1, -0.05) is 158 Å². The average Bonchev–Trinajstić information content (AvgIpc) is 1.58. The Bertz CT molecular complexity index is 6700. The van der Waals surface area contributed by atoms with Crippen LogP contribution in [0.3, 0.4) is 0 Å². The van der Waals surface area contributed by atoms with Gasteiger partial charge in [-0.2, -0.15) is 0 Å². The average molecular weight is 1680 g/mol. The number of hydrogen-bond donors (Lipinski definition) is 13. The second-order valence-corrected chi connectivity index (χ2v) is 28.8. The first-order chi connectivity index (χ1) is 59.1. The number of benzene rings is 15. The molecule has 19 nitrogen and oxygen atoms in total. The molecule has 4 aromatic heterocycles. The summed E-state index contributed by atoms with van der Waals surface area (Å²) in [7, 11) is -2.77. The molecular formula is C100H77B2BrO19. The van der Waals surface area contributed by atoms with Crippen molar-refractivity contribution in [3.8, 4) is 142 Å². The van der Waals surface area contributed by atoms with Crippen LogP contribution in [-0.4, -0.2) is 80.3 Å². The maximum Gasteiger partial charge on any atom is 0.488 e. The number of hydrogen-bond acceptors (Lipinski definition) is 19. The molecule has 22 heteroatoms. The fourth-order valence-corrected chi connectivity index (χ4v) is 13.7. The van der Waals surface area contributed by atoms with Crippen molar-refractivity contribution in [2.75, 3.05) is 0 Å². The zero-order valence-corrected chi connectivity index (χ0v) is 66.4. The number of ether oxygens (including phenoxy) is 2. The molecule has 0 amide bonds. The van der Waals surface area contributed by atoms with Gasteiger partial charge in [0.1, 0.15) is 122 Å². The van der Waals surface area contributed by atoms with Gasteiger partial charge in [0.15, 0.2) is 0 Å². The normalized spacial score (nSPS) is 10.7. The number of aromatic hydroxyl groups is 9. The second kappa shape index (κ2) is 38.9. The minimum atomic E-state index is -1.43. The molecule has 0 saturated heterocycles. The Morgan fingerprint density at radius 1 is 0.230 bits per heavy atom. The van der Waals surface area contributed by atoms with Crippen molar-refractivity contribution in [1.29, 1.82) is 0 Å².